The fourth-order valence-electron chi connectivity index (χ4n) is 1.39. The number of aliphatic hydroxyl groups is 2. The third-order valence-corrected chi connectivity index (χ3v) is 3.08. The van der Waals surface area contributed by atoms with Crippen molar-refractivity contribution < 1.29 is 10.2 Å². The fraction of sp³-hybridized carbons (Fsp3) is 0.636. The average Bonchev–Trinajstić information content (AvgIpc) is 2.76. The number of nitrogens with one attached hydrogen (secondary N) is 1. The predicted molar refractivity (Wildman–Crippen MR) is 63.1 cm³/mol. The van der Waals surface area contributed by atoms with Crippen LogP contribution < -0.4 is 5.32 Å². The molecule has 0 aliphatic carbocycles. The van der Waals surface area contributed by atoms with Crippen molar-refractivity contribution in [1.29, 1.82) is 0 Å². The number of thiophene rings is 1. The van der Waals surface area contributed by atoms with Gasteiger partial charge in [-0.3, -0.25) is 0 Å². The predicted octanol–water partition coefficient (Wildman–Crippen LogP) is 1.53. The van der Waals surface area contributed by atoms with E-state index >= 15 is 0 Å². The lowest BCUT2D eigenvalue weighted by molar-refractivity contribution is 0.169. The molecule has 0 bridgehead atoms. The van der Waals surface area contributed by atoms with Gasteiger partial charge in [-0.15, -0.1) is 0 Å². The normalized spacial score (nSPS) is 15.1. The number of hydrogen-bond acceptors (Lipinski definition) is 4. The van der Waals surface area contributed by atoms with Gasteiger partial charge in [0, 0.05) is 19.2 Å². The molecule has 1 aromatic rings. The van der Waals surface area contributed by atoms with Crippen LogP contribution in [0.1, 0.15) is 31.4 Å². The second-order valence-electron chi connectivity index (χ2n) is 3.75. The fourth-order valence-corrected chi connectivity index (χ4v) is 2.10. The smallest absolute Gasteiger partial charge is 0.0922 e. The van der Waals surface area contributed by atoms with Gasteiger partial charge in [0.25, 0.3) is 0 Å². The Morgan fingerprint density at radius 3 is 2.93 bits per heavy atom. The summed E-state index contributed by atoms with van der Waals surface area (Å²) < 4.78 is 0. The summed E-state index contributed by atoms with van der Waals surface area (Å²) in [6.45, 7) is 2.87. The van der Waals surface area contributed by atoms with Crippen LogP contribution in [-0.4, -0.2) is 29.4 Å². The molecule has 86 valence electrons. The standard InChI is InChI=1S/C11H19NO2S/c1-9(3-2-5-13)12-7-11(14)10-4-6-15-8-10/h4,6,8-9,11-14H,2-3,5,7H2,1H3. The zero-order valence-electron chi connectivity index (χ0n) is 9.02. The van der Waals surface area contributed by atoms with Gasteiger partial charge in [-0.05, 0) is 42.2 Å². The summed E-state index contributed by atoms with van der Waals surface area (Å²) in [6.07, 6.45) is 1.32. The summed E-state index contributed by atoms with van der Waals surface area (Å²) >= 11 is 1.60. The van der Waals surface area contributed by atoms with E-state index in [0.29, 0.717) is 12.6 Å². The molecule has 0 aromatic carbocycles. The van der Waals surface area contributed by atoms with Gasteiger partial charge < -0.3 is 15.5 Å². The van der Waals surface area contributed by atoms with E-state index in [2.05, 4.69) is 12.2 Å². The highest BCUT2D eigenvalue weighted by Gasteiger charge is 2.09. The van der Waals surface area contributed by atoms with E-state index in [9.17, 15) is 5.11 Å². The summed E-state index contributed by atoms with van der Waals surface area (Å²) in [5.74, 6) is 0. The molecule has 0 aliphatic heterocycles. The maximum absolute atomic E-state index is 9.78. The van der Waals surface area contributed by atoms with E-state index in [4.69, 9.17) is 5.11 Å². The van der Waals surface area contributed by atoms with Gasteiger partial charge in [-0.1, -0.05) is 0 Å². The van der Waals surface area contributed by atoms with Crippen molar-refractivity contribution >= 4 is 11.3 Å². The molecule has 0 aliphatic rings. The molecule has 2 unspecified atom stereocenters. The minimum Gasteiger partial charge on any atom is -0.396 e. The lowest BCUT2D eigenvalue weighted by Crippen LogP contribution is -2.30. The first-order valence-corrected chi connectivity index (χ1v) is 6.22. The van der Waals surface area contributed by atoms with Crippen LogP contribution in [0.4, 0.5) is 0 Å². The van der Waals surface area contributed by atoms with Gasteiger partial charge in [0.1, 0.15) is 0 Å². The molecule has 0 fully saturated rings. The monoisotopic (exact) mass is 229 g/mol. The van der Waals surface area contributed by atoms with Crippen molar-refractivity contribution in [3.05, 3.63) is 22.4 Å². The van der Waals surface area contributed by atoms with Crippen molar-refractivity contribution in [3.63, 3.8) is 0 Å². The van der Waals surface area contributed by atoms with Crippen LogP contribution in [0.15, 0.2) is 16.8 Å². The first-order valence-electron chi connectivity index (χ1n) is 5.28. The Labute approximate surface area is 94.8 Å². The van der Waals surface area contributed by atoms with Gasteiger partial charge in [0.15, 0.2) is 0 Å². The van der Waals surface area contributed by atoms with Crippen LogP contribution in [0.5, 0.6) is 0 Å². The molecular weight excluding hydrogens is 210 g/mol. The average molecular weight is 229 g/mol. The van der Waals surface area contributed by atoms with E-state index in [1.807, 2.05) is 16.8 Å². The summed E-state index contributed by atoms with van der Waals surface area (Å²) in [5, 5.41) is 25.6. The highest BCUT2D eigenvalue weighted by molar-refractivity contribution is 7.07. The Balaban J connectivity index is 2.19. The van der Waals surface area contributed by atoms with E-state index in [0.717, 1.165) is 18.4 Å². The molecule has 15 heavy (non-hydrogen) atoms. The van der Waals surface area contributed by atoms with Gasteiger partial charge in [-0.2, -0.15) is 11.3 Å². The minimum atomic E-state index is -0.423. The first kappa shape index (κ1) is 12.6. The van der Waals surface area contributed by atoms with Crippen LogP contribution in [0.25, 0.3) is 0 Å². The Kier molecular flexibility index (Phi) is 5.86. The zero-order valence-corrected chi connectivity index (χ0v) is 9.83. The first-order chi connectivity index (χ1) is 7.24. The van der Waals surface area contributed by atoms with Crippen molar-refractivity contribution in [2.75, 3.05) is 13.2 Å². The van der Waals surface area contributed by atoms with Crippen molar-refractivity contribution in [1.82, 2.24) is 5.32 Å². The Hall–Kier alpha value is -0.420. The highest BCUT2D eigenvalue weighted by atomic mass is 32.1. The van der Waals surface area contributed by atoms with E-state index in [1.165, 1.54) is 0 Å². The van der Waals surface area contributed by atoms with Gasteiger partial charge in [0.2, 0.25) is 0 Å². The van der Waals surface area contributed by atoms with Gasteiger partial charge in [-0.25, -0.2) is 0 Å². The number of hydrogen-bond donors (Lipinski definition) is 3. The molecule has 1 aromatic heterocycles. The largest absolute Gasteiger partial charge is 0.396 e. The van der Waals surface area contributed by atoms with Gasteiger partial charge in [0.05, 0.1) is 6.10 Å². The molecule has 1 heterocycles. The second-order valence-corrected chi connectivity index (χ2v) is 4.53. The van der Waals surface area contributed by atoms with Crippen molar-refractivity contribution in [2.24, 2.45) is 0 Å². The summed E-state index contributed by atoms with van der Waals surface area (Å²) in [7, 11) is 0. The molecule has 0 saturated heterocycles. The minimum absolute atomic E-state index is 0.235. The van der Waals surface area contributed by atoms with Crippen LogP contribution >= 0.6 is 11.3 Å². The summed E-state index contributed by atoms with van der Waals surface area (Å²) in [6, 6.07) is 2.28. The van der Waals surface area contributed by atoms with Crippen LogP contribution in [0.3, 0.4) is 0 Å². The van der Waals surface area contributed by atoms with E-state index in [1.54, 1.807) is 11.3 Å². The molecule has 0 spiro atoms. The highest BCUT2D eigenvalue weighted by Crippen LogP contribution is 2.15. The third-order valence-electron chi connectivity index (χ3n) is 2.38. The lowest BCUT2D eigenvalue weighted by Gasteiger charge is -2.16. The molecule has 3 N–H and O–H groups in total. The van der Waals surface area contributed by atoms with Crippen LogP contribution in [0, 0.1) is 0 Å². The molecule has 0 amide bonds. The summed E-state index contributed by atoms with van der Waals surface area (Å²) in [5.41, 5.74) is 0.974. The quantitative estimate of drug-likeness (QED) is 0.664. The van der Waals surface area contributed by atoms with Crippen LogP contribution in [0.2, 0.25) is 0 Å². The van der Waals surface area contributed by atoms with Crippen LogP contribution in [-0.2, 0) is 0 Å². The molecular formula is C11H19NO2S. The number of rotatable bonds is 7. The second kappa shape index (κ2) is 6.95. The topological polar surface area (TPSA) is 52.5 Å². The lowest BCUT2D eigenvalue weighted by atomic mass is 10.1. The number of aliphatic hydroxyl groups excluding tert-OH is 2. The SMILES string of the molecule is CC(CCCO)NCC(O)c1ccsc1. The van der Waals surface area contributed by atoms with E-state index < -0.39 is 6.10 Å². The maximum atomic E-state index is 9.78. The summed E-state index contributed by atoms with van der Waals surface area (Å²) in [4.78, 5) is 0. The zero-order chi connectivity index (χ0) is 11.1. The molecule has 0 saturated carbocycles. The van der Waals surface area contributed by atoms with E-state index in [-0.39, 0.29) is 6.61 Å². The van der Waals surface area contributed by atoms with Gasteiger partial charge >= 0.3 is 0 Å². The third kappa shape index (κ3) is 4.75. The Morgan fingerprint density at radius 2 is 2.33 bits per heavy atom. The van der Waals surface area contributed by atoms with Crippen molar-refractivity contribution in [2.45, 2.75) is 31.9 Å². The molecule has 1 rings (SSSR count). The van der Waals surface area contributed by atoms with Crippen molar-refractivity contribution in [3.8, 4) is 0 Å². The molecule has 3 nitrogen and oxygen atoms in total. The molecule has 4 heteroatoms. The molecule has 2 atom stereocenters. The Morgan fingerprint density at radius 1 is 1.53 bits per heavy atom. The maximum Gasteiger partial charge on any atom is 0.0922 e. The molecule has 0 radical (unpaired) electrons. The Bertz CT molecular complexity index is 251.